The van der Waals surface area contributed by atoms with Crippen LogP contribution in [-0.4, -0.2) is 31.9 Å². The van der Waals surface area contributed by atoms with Gasteiger partial charge < -0.3 is 5.32 Å². The zero-order valence-electron chi connectivity index (χ0n) is 10.3. The Morgan fingerprint density at radius 3 is 2.89 bits per heavy atom. The number of amides is 1. The van der Waals surface area contributed by atoms with Crippen LogP contribution in [0, 0.1) is 11.3 Å². The number of nitrogens with one attached hydrogen (secondary N) is 1. The maximum absolute atomic E-state index is 11.9. The van der Waals surface area contributed by atoms with Gasteiger partial charge in [0.05, 0.1) is 22.6 Å². The molecule has 1 fully saturated rings. The molecule has 1 aliphatic rings. The standard InChI is InChI=1S/C13H14N2O3S/c14-8-10-3-1-4-11(7-10)13(16)15-9-12-5-2-6-19(12,17)18/h1,3-4,7,12H,2,5-6,9H2,(H,15,16). The SMILES string of the molecule is N#Cc1cccc(C(=O)NCC2CCCS2(=O)=O)c1. The number of hydrogen-bond acceptors (Lipinski definition) is 4. The van der Waals surface area contributed by atoms with Crippen LogP contribution >= 0.6 is 0 Å². The normalized spacial score (nSPS) is 20.7. The minimum absolute atomic E-state index is 0.137. The highest BCUT2D eigenvalue weighted by atomic mass is 32.2. The second-order valence-corrected chi connectivity index (χ2v) is 6.93. The fourth-order valence-corrected chi connectivity index (χ4v) is 3.89. The summed E-state index contributed by atoms with van der Waals surface area (Å²) in [7, 11) is -3.04. The van der Waals surface area contributed by atoms with Crippen molar-refractivity contribution in [3.8, 4) is 6.07 Å². The lowest BCUT2D eigenvalue weighted by Crippen LogP contribution is -2.34. The van der Waals surface area contributed by atoms with E-state index in [0.29, 0.717) is 24.0 Å². The predicted molar refractivity (Wildman–Crippen MR) is 70.3 cm³/mol. The molecule has 0 saturated carbocycles. The molecule has 1 amide bonds. The van der Waals surface area contributed by atoms with Crippen molar-refractivity contribution in [1.29, 1.82) is 5.26 Å². The molecule has 0 radical (unpaired) electrons. The van der Waals surface area contributed by atoms with E-state index in [9.17, 15) is 13.2 Å². The van der Waals surface area contributed by atoms with E-state index in [1.165, 1.54) is 6.07 Å². The molecule has 0 aliphatic carbocycles. The number of nitrogens with zero attached hydrogens (tertiary/aromatic N) is 1. The third kappa shape index (κ3) is 3.12. The lowest BCUT2D eigenvalue weighted by Gasteiger charge is -2.10. The van der Waals surface area contributed by atoms with E-state index in [0.717, 1.165) is 0 Å². The van der Waals surface area contributed by atoms with Crippen LogP contribution in [0.15, 0.2) is 24.3 Å². The van der Waals surface area contributed by atoms with Crippen LogP contribution in [0.2, 0.25) is 0 Å². The molecule has 1 aromatic rings. The van der Waals surface area contributed by atoms with Gasteiger partial charge in [-0.25, -0.2) is 8.42 Å². The zero-order valence-corrected chi connectivity index (χ0v) is 11.1. The van der Waals surface area contributed by atoms with Crippen molar-refractivity contribution in [1.82, 2.24) is 5.32 Å². The molecule has 0 spiro atoms. The van der Waals surface area contributed by atoms with E-state index in [2.05, 4.69) is 5.32 Å². The van der Waals surface area contributed by atoms with Crippen LogP contribution in [0.3, 0.4) is 0 Å². The summed E-state index contributed by atoms with van der Waals surface area (Å²) in [5.41, 5.74) is 0.774. The van der Waals surface area contributed by atoms with Gasteiger partial charge >= 0.3 is 0 Å². The lowest BCUT2D eigenvalue weighted by molar-refractivity contribution is 0.0953. The Hall–Kier alpha value is -1.87. The van der Waals surface area contributed by atoms with Gasteiger partial charge in [0, 0.05) is 12.1 Å². The van der Waals surface area contributed by atoms with Gasteiger partial charge in [0.15, 0.2) is 9.84 Å². The fraction of sp³-hybridized carbons (Fsp3) is 0.385. The molecule has 1 N–H and O–H groups in total. The van der Waals surface area contributed by atoms with Gasteiger partial charge in [-0.2, -0.15) is 5.26 Å². The second kappa shape index (κ2) is 5.41. The zero-order chi connectivity index (χ0) is 13.9. The van der Waals surface area contributed by atoms with Crippen molar-refractivity contribution >= 4 is 15.7 Å². The molecule has 1 aliphatic heterocycles. The van der Waals surface area contributed by atoms with Gasteiger partial charge in [0.2, 0.25) is 0 Å². The van der Waals surface area contributed by atoms with Gasteiger partial charge in [-0.3, -0.25) is 4.79 Å². The van der Waals surface area contributed by atoms with Crippen molar-refractivity contribution in [3.63, 3.8) is 0 Å². The number of benzene rings is 1. The van der Waals surface area contributed by atoms with Crippen LogP contribution < -0.4 is 5.32 Å². The van der Waals surface area contributed by atoms with E-state index in [1.807, 2.05) is 6.07 Å². The van der Waals surface area contributed by atoms with Crippen molar-refractivity contribution in [3.05, 3.63) is 35.4 Å². The number of carbonyl (C=O) groups excluding carboxylic acids is 1. The Morgan fingerprint density at radius 1 is 1.47 bits per heavy atom. The van der Waals surface area contributed by atoms with E-state index < -0.39 is 15.1 Å². The Labute approximate surface area is 112 Å². The van der Waals surface area contributed by atoms with Gasteiger partial charge in [-0.05, 0) is 31.0 Å². The first kappa shape index (κ1) is 13.6. The molecule has 1 unspecified atom stereocenters. The lowest BCUT2D eigenvalue weighted by atomic mass is 10.1. The number of rotatable bonds is 3. The molecule has 1 heterocycles. The van der Waals surface area contributed by atoms with Gasteiger partial charge in [0.1, 0.15) is 0 Å². The van der Waals surface area contributed by atoms with Crippen LogP contribution in [0.1, 0.15) is 28.8 Å². The third-order valence-corrected chi connectivity index (χ3v) is 5.48. The Morgan fingerprint density at radius 2 is 2.26 bits per heavy atom. The summed E-state index contributed by atoms with van der Waals surface area (Å²) < 4.78 is 23.2. The first-order valence-electron chi connectivity index (χ1n) is 6.03. The summed E-state index contributed by atoms with van der Waals surface area (Å²) in [5.74, 6) is -0.142. The monoisotopic (exact) mass is 278 g/mol. The molecular formula is C13H14N2O3S. The number of nitriles is 1. The number of hydrogen-bond donors (Lipinski definition) is 1. The highest BCUT2D eigenvalue weighted by Crippen LogP contribution is 2.19. The highest BCUT2D eigenvalue weighted by Gasteiger charge is 2.31. The maximum Gasteiger partial charge on any atom is 0.251 e. The summed E-state index contributed by atoms with van der Waals surface area (Å²) in [4.78, 5) is 11.9. The molecule has 5 nitrogen and oxygen atoms in total. The molecule has 100 valence electrons. The highest BCUT2D eigenvalue weighted by molar-refractivity contribution is 7.92. The van der Waals surface area contributed by atoms with Gasteiger partial charge in [-0.15, -0.1) is 0 Å². The molecule has 1 saturated heterocycles. The summed E-state index contributed by atoms with van der Waals surface area (Å²) in [5, 5.41) is 10.9. The Bertz CT molecular complexity index is 632. The maximum atomic E-state index is 11.9. The average molecular weight is 278 g/mol. The fourth-order valence-electron chi connectivity index (χ4n) is 2.13. The molecule has 19 heavy (non-hydrogen) atoms. The van der Waals surface area contributed by atoms with E-state index >= 15 is 0 Å². The molecular weight excluding hydrogens is 264 g/mol. The smallest absolute Gasteiger partial charge is 0.251 e. The van der Waals surface area contributed by atoms with E-state index in [1.54, 1.807) is 18.2 Å². The quantitative estimate of drug-likeness (QED) is 0.888. The van der Waals surface area contributed by atoms with Crippen molar-refractivity contribution < 1.29 is 13.2 Å². The van der Waals surface area contributed by atoms with Crippen LogP contribution in [0.25, 0.3) is 0 Å². The van der Waals surface area contributed by atoms with Gasteiger partial charge in [-0.1, -0.05) is 6.07 Å². The van der Waals surface area contributed by atoms with E-state index in [4.69, 9.17) is 5.26 Å². The Balaban J connectivity index is 2.00. The number of carbonyl (C=O) groups is 1. The minimum atomic E-state index is -3.04. The van der Waals surface area contributed by atoms with Crippen LogP contribution in [-0.2, 0) is 9.84 Å². The molecule has 0 bridgehead atoms. The largest absolute Gasteiger partial charge is 0.351 e. The van der Waals surface area contributed by atoms with Crippen molar-refractivity contribution in [2.75, 3.05) is 12.3 Å². The molecule has 0 aromatic heterocycles. The van der Waals surface area contributed by atoms with E-state index in [-0.39, 0.29) is 18.2 Å². The Kier molecular flexibility index (Phi) is 3.86. The molecule has 2 rings (SSSR count). The topological polar surface area (TPSA) is 87.0 Å². The molecule has 1 atom stereocenters. The minimum Gasteiger partial charge on any atom is -0.351 e. The third-order valence-electron chi connectivity index (χ3n) is 3.21. The van der Waals surface area contributed by atoms with Crippen molar-refractivity contribution in [2.45, 2.75) is 18.1 Å². The average Bonchev–Trinajstić information content (AvgIpc) is 2.75. The predicted octanol–water partition coefficient (Wildman–Crippen LogP) is 0.865. The summed E-state index contributed by atoms with van der Waals surface area (Å²) >= 11 is 0. The molecule has 6 heteroatoms. The van der Waals surface area contributed by atoms with Crippen LogP contribution in [0.5, 0.6) is 0 Å². The van der Waals surface area contributed by atoms with Crippen molar-refractivity contribution in [2.24, 2.45) is 0 Å². The van der Waals surface area contributed by atoms with Gasteiger partial charge in [0.25, 0.3) is 5.91 Å². The first-order chi connectivity index (χ1) is 9.03. The summed E-state index contributed by atoms with van der Waals surface area (Å²) in [6.07, 6.45) is 1.26. The van der Waals surface area contributed by atoms with Crippen LogP contribution in [0.4, 0.5) is 0 Å². The first-order valence-corrected chi connectivity index (χ1v) is 7.74. The molecule has 1 aromatic carbocycles. The second-order valence-electron chi connectivity index (χ2n) is 4.53. The summed E-state index contributed by atoms with van der Waals surface area (Å²) in [6, 6.07) is 8.27. The summed E-state index contributed by atoms with van der Waals surface area (Å²) in [6.45, 7) is 0.137. The number of sulfone groups is 1.